The van der Waals surface area contributed by atoms with Gasteiger partial charge in [-0.15, -0.1) is 0 Å². The van der Waals surface area contributed by atoms with Crippen molar-refractivity contribution in [2.45, 2.75) is 38.0 Å². The Morgan fingerprint density at radius 2 is 1.77 bits per heavy atom. The zero-order valence-corrected chi connectivity index (χ0v) is 16.1. The van der Waals surface area contributed by atoms with Gasteiger partial charge in [-0.25, -0.2) is 18.4 Å². The maximum absolute atomic E-state index is 12.2. The van der Waals surface area contributed by atoms with E-state index < -0.39 is 10.0 Å². The van der Waals surface area contributed by atoms with Crippen molar-refractivity contribution in [2.24, 2.45) is 5.14 Å². The molecule has 0 aromatic heterocycles. The fourth-order valence-corrected chi connectivity index (χ4v) is 3.18. The molecule has 0 aliphatic heterocycles. The Balaban J connectivity index is 1.92. The van der Waals surface area contributed by atoms with Gasteiger partial charge in [0.05, 0.1) is 4.90 Å². The monoisotopic (exact) mass is 375 g/mol. The molecule has 0 heterocycles. The quantitative estimate of drug-likeness (QED) is 0.723. The number of rotatable bonds is 6. The van der Waals surface area contributed by atoms with Crippen molar-refractivity contribution in [3.8, 4) is 0 Å². The first kappa shape index (κ1) is 19.9. The van der Waals surface area contributed by atoms with E-state index in [-0.39, 0.29) is 10.9 Å². The number of amides is 2. The second-order valence-electron chi connectivity index (χ2n) is 6.51. The van der Waals surface area contributed by atoms with E-state index >= 15 is 0 Å². The molecule has 0 radical (unpaired) electrons. The highest BCUT2D eigenvalue weighted by Crippen LogP contribution is 2.27. The number of benzene rings is 2. The van der Waals surface area contributed by atoms with Crippen LogP contribution < -0.4 is 15.8 Å². The maximum atomic E-state index is 12.2. The van der Waals surface area contributed by atoms with E-state index in [1.165, 1.54) is 12.1 Å². The largest absolute Gasteiger partial charge is 0.338 e. The van der Waals surface area contributed by atoms with E-state index in [0.717, 1.165) is 22.4 Å². The standard InChI is InChI=1S/C19H25N3O3S/c1-13(2)17-6-4-5-14(3)18(17)22-19(23)21-12-11-15-7-9-16(10-8-15)26(20,24)25/h4-10,13H,11-12H2,1-3H3,(H2,20,24,25)(H2,21,22,23). The first-order valence-electron chi connectivity index (χ1n) is 8.44. The highest BCUT2D eigenvalue weighted by atomic mass is 32.2. The molecule has 0 bridgehead atoms. The summed E-state index contributed by atoms with van der Waals surface area (Å²) < 4.78 is 22.5. The SMILES string of the molecule is Cc1cccc(C(C)C)c1NC(=O)NCCc1ccc(S(N)(=O)=O)cc1. The predicted octanol–water partition coefficient (Wildman–Crippen LogP) is 3.13. The van der Waals surface area contributed by atoms with Crippen molar-refractivity contribution in [1.82, 2.24) is 5.32 Å². The van der Waals surface area contributed by atoms with Crippen LogP contribution in [0.2, 0.25) is 0 Å². The van der Waals surface area contributed by atoms with Gasteiger partial charge in [-0.2, -0.15) is 0 Å². The number of para-hydroxylation sites is 1. The Hall–Kier alpha value is -2.38. The van der Waals surface area contributed by atoms with Gasteiger partial charge >= 0.3 is 6.03 Å². The molecular weight excluding hydrogens is 350 g/mol. The van der Waals surface area contributed by atoms with Crippen LogP contribution in [0.15, 0.2) is 47.4 Å². The second kappa shape index (κ2) is 8.33. The molecule has 4 N–H and O–H groups in total. The number of urea groups is 1. The van der Waals surface area contributed by atoms with Gasteiger partial charge in [0, 0.05) is 12.2 Å². The normalized spacial score (nSPS) is 11.4. The molecule has 6 nitrogen and oxygen atoms in total. The second-order valence-corrected chi connectivity index (χ2v) is 8.08. The smallest absolute Gasteiger partial charge is 0.319 e. The number of nitrogens with one attached hydrogen (secondary N) is 2. The minimum Gasteiger partial charge on any atom is -0.338 e. The van der Waals surface area contributed by atoms with E-state index in [9.17, 15) is 13.2 Å². The minimum atomic E-state index is -3.68. The number of hydrogen-bond donors (Lipinski definition) is 3. The Labute approximate surface area is 154 Å². The molecule has 2 aromatic carbocycles. The topological polar surface area (TPSA) is 101 Å². The summed E-state index contributed by atoms with van der Waals surface area (Å²) in [5.74, 6) is 0.308. The Morgan fingerprint density at radius 3 is 2.35 bits per heavy atom. The lowest BCUT2D eigenvalue weighted by Crippen LogP contribution is -2.31. The van der Waals surface area contributed by atoms with Crippen LogP contribution in [0.3, 0.4) is 0 Å². The fourth-order valence-electron chi connectivity index (χ4n) is 2.67. The molecule has 2 aromatic rings. The molecule has 140 valence electrons. The molecular formula is C19H25N3O3S. The van der Waals surface area contributed by atoms with Gasteiger partial charge in [0.1, 0.15) is 0 Å². The van der Waals surface area contributed by atoms with E-state index in [4.69, 9.17) is 5.14 Å². The van der Waals surface area contributed by atoms with Crippen LogP contribution in [0.5, 0.6) is 0 Å². The first-order chi connectivity index (χ1) is 12.2. The van der Waals surface area contributed by atoms with Crippen LogP contribution in [0.25, 0.3) is 0 Å². The van der Waals surface area contributed by atoms with Crippen molar-refractivity contribution in [3.63, 3.8) is 0 Å². The first-order valence-corrected chi connectivity index (χ1v) is 9.99. The number of nitrogens with two attached hydrogens (primary N) is 1. The molecule has 0 atom stereocenters. The Bertz CT molecular complexity index is 875. The molecule has 0 fully saturated rings. The van der Waals surface area contributed by atoms with Crippen LogP contribution in [-0.4, -0.2) is 21.0 Å². The highest BCUT2D eigenvalue weighted by Gasteiger charge is 2.12. The lowest BCUT2D eigenvalue weighted by atomic mass is 9.98. The van der Waals surface area contributed by atoms with Crippen molar-refractivity contribution in [1.29, 1.82) is 0 Å². The summed E-state index contributed by atoms with van der Waals surface area (Å²) in [7, 11) is -3.68. The van der Waals surface area contributed by atoms with Gasteiger partial charge in [0.25, 0.3) is 0 Å². The third-order valence-electron chi connectivity index (χ3n) is 4.12. The van der Waals surface area contributed by atoms with Crippen molar-refractivity contribution in [3.05, 3.63) is 59.2 Å². The zero-order valence-electron chi connectivity index (χ0n) is 15.2. The zero-order chi connectivity index (χ0) is 19.3. The summed E-state index contributed by atoms with van der Waals surface area (Å²) in [5.41, 5.74) is 3.87. The average Bonchev–Trinajstić information content (AvgIpc) is 2.56. The third kappa shape index (κ3) is 5.31. The summed E-state index contributed by atoms with van der Waals surface area (Å²) in [6, 6.07) is 12.0. The minimum absolute atomic E-state index is 0.0766. The number of primary sulfonamides is 1. The molecule has 0 saturated carbocycles. The fraction of sp³-hybridized carbons (Fsp3) is 0.316. The number of aryl methyl sites for hydroxylation is 1. The van der Waals surface area contributed by atoms with Crippen LogP contribution in [-0.2, 0) is 16.4 Å². The highest BCUT2D eigenvalue weighted by molar-refractivity contribution is 7.89. The van der Waals surface area contributed by atoms with Gasteiger partial charge in [-0.05, 0) is 48.1 Å². The van der Waals surface area contributed by atoms with Gasteiger partial charge in [-0.1, -0.05) is 44.2 Å². The number of anilines is 1. The van der Waals surface area contributed by atoms with Gasteiger partial charge in [0.2, 0.25) is 10.0 Å². The molecule has 0 aliphatic carbocycles. The molecule has 7 heteroatoms. The predicted molar refractivity (Wildman–Crippen MR) is 104 cm³/mol. The van der Waals surface area contributed by atoms with E-state index in [1.807, 2.05) is 25.1 Å². The van der Waals surface area contributed by atoms with Gasteiger partial charge in [0.15, 0.2) is 0 Å². The molecule has 0 aliphatic rings. The average molecular weight is 375 g/mol. The van der Waals surface area contributed by atoms with Gasteiger partial charge < -0.3 is 10.6 Å². The Morgan fingerprint density at radius 1 is 1.12 bits per heavy atom. The summed E-state index contributed by atoms with van der Waals surface area (Å²) in [4.78, 5) is 12.3. The van der Waals surface area contributed by atoms with Gasteiger partial charge in [-0.3, -0.25) is 0 Å². The molecule has 26 heavy (non-hydrogen) atoms. The third-order valence-corrected chi connectivity index (χ3v) is 5.05. The molecule has 2 rings (SSSR count). The lowest BCUT2D eigenvalue weighted by molar-refractivity contribution is 0.252. The number of sulfonamides is 1. The van der Waals surface area contributed by atoms with E-state index in [1.54, 1.807) is 12.1 Å². The summed E-state index contributed by atoms with van der Waals surface area (Å²) in [5, 5.41) is 10.8. The van der Waals surface area contributed by atoms with Crippen molar-refractivity contribution < 1.29 is 13.2 Å². The van der Waals surface area contributed by atoms with E-state index in [0.29, 0.717) is 18.9 Å². The van der Waals surface area contributed by atoms with Crippen LogP contribution >= 0.6 is 0 Å². The molecule has 2 amide bonds. The number of carbonyl (C=O) groups excluding carboxylic acids is 1. The van der Waals surface area contributed by atoms with Crippen LogP contribution in [0.4, 0.5) is 10.5 Å². The van der Waals surface area contributed by atoms with Crippen molar-refractivity contribution >= 4 is 21.7 Å². The Kier molecular flexibility index (Phi) is 6.39. The number of hydrogen-bond acceptors (Lipinski definition) is 3. The van der Waals surface area contributed by atoms with Crippen LogP contribution in [0.1, 0.15) is 36.5 Å². The lowest BCUT2D eigenvalue weighted by Gasteiger charge is -2.16. The maximum Gasteiger partial charge on any atom is 0.319 e. The summed E-state index contributed by atoms with van der Waals surface area (Å²) in [6.07, 6.45) is 0.586. The molecule has 0 saturated heterocycles. The number of carbonyl (C=O) groups is 1. The van der Waals surface area contributed by atoms with E-state index in [2.05, 4.69) is 24.5 Å². The molecule has 0 spiro atoms. The molecule has 0 unspecified atom stereocenters. The van der Waals surface area contributed by atoms with Crippen molar-refractivity contribution in [2.75, 3.05) is 11.9 Å². The summed E-state index contributed by atoms with van der Waals surface area (Å²) in [6.45, 7) is 6.57. The summed E-state index contributed by atoms with van der Waals surface area (Å²) >= 11 is 0. The van der Waals surface area contributed by atoms with Crippen LogP contribution in [0, 0.1) is 6.92 Å².